The Hall–Kier alpha value is -4.34. The van der Waals surface area contributed by atoms with Crippen molar-refractivity contribution < 1.29 is 29.0 Å². The van der Waals surface area contributed by atoms with Crippen LogP contribution < -0.4 is 19.6 Å². The number of hydrogen-bond donors (Lipinski definition) is 2. The zero-order chi connectivity index (χ0) is 22.0. The molecule has 2 N–H and O–H groups in total. The molecule has 0 saturated heterocycles. The van der Waals surface area contributed by atoms with E-state index in [1.54, 1.807) is 6.07 Å². The van der Waals surface area contributed by atoms with Gasteiger partial charge in [0, 0.05) is 0 Å². The van der Waals surface area contributed by atoms with Crippen LogP contribution in [0, 0.1) is 10.1 Å². The number of rotatable bonds is 5. The van der Waals surface area contributed by atoms with E-state index < -0.39 is 22.6 Å². The third-order valence-corrected chi connectivity index (χ3v) is 4.67. The van der Waals surface area contributed by atoms with Crippen LogP contribution in [0.4, 0.5) is 5.69 Å². The summed E-state index contributed by atoms with van der Waals surface area (Å²) in [4.78, 5) is 23.1. The van der Waals surface area contributed by atoms with Gasteiger partial charge in [0.15, 0.2) is 17.2 Å². The number of hydrogen-bond acceptors (Lipinski definition) is 8. The van der Waals surface area contributed by atoms with Crippen LogP contribution in [0.5, 0.6) is 23.0 Å². The van der Waals surface area contributed by atoms with Crippen molar-refractivity contribution in [2.75, 3.05) is 13.7 Å². The molecule has 0 fully saturated rings. The van der Waals surface area contributed by atoms with Crippen LogP contribution in [0.1, 0.15) is 5.56 Å². The van der Waals surface area contributed by atoms with E-state index in [0.717, 1.165) is 17.0 Å². The molecule has 3 aromatic carbocycles. The molecule has 0 bridgehead atoms. The van der Waals surface area contributed by atoms with Crippen LogP contribution in [-0.2, 0) is 4.79 Å². The van der Waals surface area contributed by atoms with Gasteiger partial charge in [0.1, 0.15) is 6.61 Å². The molecule has 1 heterocycles. The highest BCUT2D eigenvalue weighted by molar-refractivity contribution is 5.90. The molecule has 1 aliphatic rings. The largest absolute Gasteiger partial charge is 0.504 e. The molecule has 0 radical (unpaired) electrons. The Morgan fingerprint density at radius 1 is 1.26 bits per heavy atom. The quantitative estimate of drug-likeness (QED) is 0.366. The Labute approximate surface area is 175 Å². The van der Waals surface area contributed by atoms with E-state index in [4.69, 9.17) is 14.2 Å². The molecule has 0 saturated carbocycles. The summed E-state index contributed by atoms with van der Waals surface area (Å²) in [5, 5.41) is 26.8. The van der Waals surface area contributed by atoms with Crippen LogP contribution in [0.2, 0.25) is 0 Å². The zero-order valence-corrected chi connectivity index (χ0v) is 16.3. The molecule has 4 rings (SSSR count). The second-order valence-electron chi connectivity index (χ2n) is 6.61. The number of methoxy groups -OCH3 is 1. The van der Waals surface area contributed by atoms with Crippen molar-refractivity contribution in [2.45, 2.75) is 6.10 Å². The summed E-state index contributed by atoms with van der Waals surface area (Å²) in [6, 6.07) is 13.8. The summed E-state index contributed by atoms with van der Waals surface area (Å²) in [6.07, 6.45) is 0.138. The second kappa shape index (κ2) is 8.19. The van der Waals surface area contributed by atoms with Gasteiger partial charge in [0.2, 0.25) is 11.9 Å². The lowest BCUT2D eigenvalue weighted by molar-refractivity contribution is -0.386. The number of ether oxygens (including phenoxy) is 3. The number of aromatic hydroxyl groups is 1. The Kier molecular flexibility index (Phi) is 5.27. The maximum Gasteiger partial charge on any atom is 0.323 e. The molecule has 1 unspecified atom stereocenters. The molecular formula is C21H17N3O7. The van der Waals surface area contributed by atoms with Gasteiger partial charge in [-0.1, -0.05) is 24.3 Å². The molecule has 1 atom stereocenters. The highest BCUT2D eigenvalue weighted by Gasteiger charge is 2.28. The number of nitro benzene ring substituents is 1. The third-order valence-electron chi connectivity index (χ3n) is 4.67. The first-order valence-corrected chi connectivity index (χ1v) is 9.17. The van der Waals surface area contributed by atoms with Gasteiger partial charge >= 0.3 is 5.69 Å². The van der Waals surface area contributed by atoms with Crippen molar-refractivity contribution in [1.29, 1.82) is 0 Å². The standard InChI is InChI=1S/C21H17N3O7/c1-29-20-15(25)7-6-14(19(20)24(27)28)10-22-23-21(26)18-11-30-16-8-12-4-2-3-5-13(12)9-17(16)31-18/h2-10,18,25H,11H2,1H3,(H,23,26)/b22-10-. The third kappa shape index (κ3) is 3.90. The number of carbonyl (C=O) groups is 1. The van der Waals surface area contributed by atoms with E-state index in [-0.39, 0.29) is 23.7 Å². The molecule has 10 heteroatoms. The number of fused-ring (bicyclic) bond motifs is 2. The Balaban J connectivity index is 1.48. The van der Waals surface area contributed by atoms with Crippen molar-refractivity contribution in [3.05, 3.63) is 64.2 Å². The van der Waals surface area contributed by atoms with Gasteiger partial charge in [0.05, 0.1) is 23.8 Å². The number of benzene rings is 3. The highest BCUT2D eigenvalue weighted by atomic mass is 16.6. The molecule has 0 aromatic heterocycles. The topological polar surface area (TPSA) is 133 Å². The van der Waals surface area contributed by atoms with Gasteiger partial charge in [-0.25, -0.2) is 5.43 Å². The van der Waals surface area contributed by atoms with E-state index >= 15 is 0 Å². The van der Waals surface area contributed by atoms with Crippen molar-refractivity contribution >= 4 is 28.6 Å². The number of phenolic OH excluding ortho intramolecular Hbond substituents is 1. The lowest BCUT2D eigenvalue weighted by Gasteiger charge is -2.25. The van der Waals surface area contributed by atoms with Gasteiger partial charge in [-0.05, 0) is 35.0 Å². The van der Waals surface area contributed by atoms with E-state index in [1.165, 1.54) is 19.2 Å². The van der Waals surface area contributed by atoms with E-state index in [1.807, 2.05) is 30.3 Å². The summed E-state index contributed by atoms with van der Waals surface area (Å²) < 4.78 is 16.3. The van der Waals surface area contributed by atoms with Crippen LogP contribution >= 0.6 is 0 Å². The molecule has 1 aliphatic heterocycles. The maximum atomic E-state index is 12.4. The minimum absolute atomic E-state index is 0.0140. The predicted octanol–water partition coefficient (Wildman–Crippen LogP) is 2.75. The van der Waals surface area contributed by atoms with Gasteiger partial charge in [-0.15, -0.1) is 0 Å². The minimum atomic E-state index is -0.949. The fourth-order valence-corrected chi connectivity index (χ4v) is 3.19. The second-order valence-corrected chi connectivity index (χ2v) is 6.61. The van der Waals surface area contributed by atoms with Gasteiger partial charge in [0.25, 0.3) is 5.91 Å². The van der Waals surface area contributed by atoms with Crippen molar-refractivity contribution in [3.63, 3.8) is 0 Å². The molecule has 0 aliphatic carbocycles. The lowest BCUT2D eigenvalue weighted by atomic mass is 10.1. The summed E-state index contributed by atoms with van der Waals surface area (Å²) >= 11 is 0. The maximum absolute atomic E-state index is 12.4. The van der Waals surface area contributed by atoms with Crippen LogP contribution in [0.3, 0.4) is 0 Å². The first kappa shape index (κ1) is 20.0. The molecule has 31 heavy (non-hydrogen) atoms. The van der Waals surface area contributed by atoms with Crippen molar-refractivity contribution in [1.82, 2.24) is 5.43 Å². The fourth-order valence-electron chi connectivity index (χ4n) is 3.19. The summed E-state index contributed by atoms with van der Waals surface area (Å²) in [7, 11) is 1.20. The van der Waals surface area contributed by atoms with Crippen molar-refractivity contribution in [2.24, 2.45) is 5.10 Å². The number of phenols is 1. The smallest absolute Gasteiger partial charge is 0.323 e. The molecule has 3 aromatic rings. The molecule has 158 valence electrons. The van der Waals surface area contributed by atoms with Gasteiger partial charge < -0.3 is 19.3 Å². The fraction of sp³-hybridized carbons (Fsp3) is 0.143. The lowest BCUT2D eigenvalue weighted by Crippen LogP contribution is -2.42. The number of nitro groups is 1. The summed E-state index contributed by atoms with van der Waals surface area (Å²) in [5.74, 6) is -0.281. The number of nitrogens with one attached hydrogen (secondary N) is 1. The summed E-state index contributed by atoms with van der Waals surface area (Å²) in [5.41, 5.74) is 1.85. The molecule has 0 spiro atoms. The normalized spacial score (nSPS) is 15.1. The highest BCUT2D eigenvalue weighted by Crippen LogP contribution is 2.38. The van der Waals surface area contributed by atoms with Crippen LogP contribution in [-0.4, -0.2) is 42.0 Å². The number of amides is 1. The van der Waals surface area contributed by atoms with Gasteiger partial charge in [-0.3, -0.25) is 14.9 Å². The number of carbonyl (C=O) groups excluding carboxylic acids is 1. The average Bonchev–Trinajstić information content (AvgIpc) is 2.77. The Bertz CT molecular complexity index is 1210. The number of hydrazone groups is 1. The minimum Gasteiger partial charge on any atom is -0.504 e. The van der Waals surface area contributed by atoms with Crippen LogP contribution in [0.15, 0.2) is 53.6 Å². The Morgan fingerprint density at radius 3 is 2.65 bits per heavy atom. The predicted molar refractivity (Wildman–Crippen MR) is 111 cm³/mol. The SMILES string of the molecule is COc1c(O)ccc(/C=N\NC(=O)C2COc3cc4ccccc4cc3O2)c1[N+](=O)[O-]. The molecule has 10 nitrogen and oxygen atoms in total. The van der Waals surface area contributed by atoms with Crippen molar-refractivity contribution in [3.8, 4) is 23.0 Å². The first-order valence-electron chi connectivity index (χ1n) is 9.17. The van der Waals surface area contributed by atoms with Crippen LogP contribution in [0.25, 0.3) is 10.8 Å². The van der Waals surface area contributed by atoms with Gasteiger partial charge in [-0.2, -0.15) is 5.10 Å². The van der Waals surface area contributed by atoms with E-state index in [9.17, 15) is 20.0 Å². The molecule has 1 amide bonds. The average molecular weight is 423 g/mol. The van der Waals surface area contributed by atoms with E-state index in [2.05, 4.69) is 10.5 Å². The molecular weight excluding hydrogens is 406 g/mol. The monoisotopic (exact) mass is 423 g/mol. The summed E-state index contributed by atoms with van der Waals surface area (Å²) in [6.45, 7) is -0.0140. The zero-order valence-electron chi connectivity index (χ0n) is 16.3. The Morgan fingerprint density at radius 2 is 1.97 bits per heavy atom. The van der Waals surface area contributed by atoms with E-state index in [0.29, 0.717) is 11.5 Å². The first-order chi connectivity index (χ1) is 15.0. The number of nitrogens with zero attached hydrogens (tertiary/aromatic N) is 2.